The van der Waals surface area contributed by atoms with Gasteiger partial charge in [0.15, 0.2) is 0 Å². The van der Waals surface area contributed by atoms with E-state index in [0.717, 1.165) is 0 Å². The summed E-state index contributed by atoms with van der Waals surface area (Å²) in [7, 11) is 0. The van der Waals surface area contributed by atoms with Gasteiger partial charge in [-0.25, -0.2) is 0 Å². The zero-order valence-corrected chi connectivity index (χ0v) is 14.0. The number of rotatable bonds is 0. The molecular formula is C14H20U. The van der Waals surface area contributed by atoms with E-state index in [0.29, 0.717) is 5.92 Å². The molecule has 0 aliphatic heterocycles. The first kappa shape index (κ1) is 15.3. The Kier molecular flexibility index (Phi) is 8.58. The summed E-state index contributed by atoms with van der Waals surface area (Å²) in [4.78, 5) is 0. The van der Waals surface area contributed by atoms with Gasteiger partial charge >= 0.3 is 31.1 Å². The fourth-order valence-corrected chi connectivity index (χ4v) is 1.85. The molecule has 1 heteroatoms. The Labute approximate surface area is 118 Å². The number of hydrogen-bond donors (Lipinski definition) is 0. The molecule has 0 heterocycles. The van der Waals surface area contributed by atoms with Gasteiger partial charge in [-0.05, 0) is 12.0 Å². The van der Waals surface area contributed by atoms with Crippen LogP contribution in [-0.2, 0) is 6.42 Å². The maximum Gasteiger partial charge on any atom is 2.00 e. The second-order valence-electron chi connectivity index (χ2n) is 3.87. The second-order valence-corrected chi connectivity index (χ2v) is 3.87. The summed E-state index contributed by atoms with van der Waals surface area (Å²) in [6.45, 7) is 8.14. The Morgan fingerprint density at radius 1 is 1.27 bits per heavy atom. The van der Waals surface area contributed by atoms with Crippen LogP contribution in [0.25, 0.3) is 0 Å². The van der Waals surface area contributed by atoms with E-state index >= 15 is 0 Å². The van der Waals surface area contributed by atoms with Crippen molar-refractivity contribution in [2.75, 3.05) is 0 Å². The minimum atomic E-state index is 0. The molecular weight excluding hydrogens is 406 g/mol. The van der Waals surface area contributed by atoms with Gasteiger partial charge in [-0.3, -0.25) is 0 Å². The Hall–Kier alpha value is 0.272. The van der Waals surface area contributed by atoms with Crippen molar-refractivity contribution in [1.82, 2.24) is 0 Å². The van der Waals surface area contributed by atoms with Crippen molar-refractivity contribution in [2.45, 2.75) is 39.0 Å². The van der Waals surface area contributed by atoms with Gasteiger partial charge < -0.3 is 13.3 Å². The minimum absolute atomic E-state index is 0. The zero-order chi connectivity index (χ0) is 10.4. The molecule has 2 rings (SSSR count). The third-order valence-electron chi connectivity index (χ3n) is 2.49. The predicted molar refractivity (Wildman–Crippen MR) is 63.1 cm³/mol. The molecule has 1 aromatic carbocycles. The van der Waals surface area contributed by atoms with E-state index in [1.165, 1.54) is 30.4 Å². The van der Waals surface area contributed by atoms with Crippen LogP contribution in [0.15, 0.2) is 24.3 Å². The van der Waals surface area contributed by atoms with E-state index < -0.39 is 0 Å². The molecule has 0 radical (unpaired) electrons. The summed E-state index contributed by atoms with van der Waals surface area (Å²) in [5, 5.41) is 0. The first-order valence-electron chi connectivity index (χ1n) is 5.44. The molecule has 1 aliphatic rings. The molecule has 0 amide bonds. The molecule has 0 spiro atoms. The predicted octanol–water partition coefficient (Wildman–Crippen LogP) is 4.17. The van der Waals surface area contributed by atoms with E-state index in [9.17, 15) is 0 Å². The molecule has 1 aromatic rings. The van der Waals surface area contributed by atoms with Crippen molar-refractivity contribution in [1.29, 1.82) is 0 Å². The van der Waals surface area contributed by atoms with Crippen LogP contribution in [-0.4, -0.2) is 0 Å². The van der Waals surface area contributed by atoms with Crippen LogP contribution in [0, 0.1) is 44.5 Å². The van der Waals surface area contributed by atoms with Gasteiger partial charge in [0.1, 0.15) is 0 Å². The third-order valence-corrected chi connectivity index (χ3v) is 2.49. The Balaban J connectivity index is 0.000000443. The maximum absolute atomic E-state index is 4.14. The standard InChI is InChI=1S/C11H13.C3H7.U/c1-9-5-4-7-10-6-2-3-8-11(9)10;1-3-2;/h2-3,6,8-9H,1,4-5,7H2;3H,1-2H3;/q2*-1;+2. The van der Waals surface area contributed by atoms with Crippen molar-refractivity contribution in [3.63, 3.8) is 0 Å². The van der Waals surface area contributed by atoms with Crippen molar-refractivity contribution in [2.24, 2.45) is 0 Å². The van der Waals surface area contributed by atoms with Crippen molar-refractivity contribution >= 4 is 0 Å². The number of fused-ring (bicyclic) bond motifs is 1. The summed E-state index contributed by atoms with van der Waals surface area (Å²) in [6.07, 6.45) is 5.82. The smallest absolute Gasteiger partial charge is 0.336 e. The van der Waals surface area contributed by atoms with E-state index in [1.54, 1.807) is 0 Å². The van der Waals surface area contributed by atoms with Crippen molar-refractivity contribution in [3.8, 4) is 0 Å². The first-order valence-corrected chi connectivity index (χ1v) is 5.44. The molecule has 0 N–H and O–H groups in total. The summed E-state index contributed by atoms with van der Waals surface area (Å²) in [6, 6.07) is 8.68. The molecule has 0 aromatic heterocycles. The largest absolute Gasteiger partial charge is 2.00 e. The monoisotopic (exact) mass is 426 g/mol. The summed E-state index contributed by atoms with van der Waals surface area (Å²) >= 11 is 0. The van der Waals surface area contributed by atoms with Crippen LogP contribution in [0.2, 0.25) is 0 Å². The van der Waals surface area contributed by atoms with E-state index in [1.807, 2.05) is 20.3 Å². The van der Waals surface area contributed by atoms with Crippen LogP contribution < -0.4 is 0 Å². The summed E-state index contributed by atoms with van der Waals surface area (Å²) in [5.41, 5.74) is 2.98. The molecule has 0 fully saturated rings. The minimum Gasteiger partial charge on any atom is -0.336 e. The SMILES string of the molecule is C[CH-]C.[CH2-]C1CCCc2ccccc21.[U+2]. The van der Waals surface area contributed by atoms with Crippen LogP contribution in [0.5, 0.6) is 0 Å². The molecule has 0 nitrogen and oxygen atoms in total. The maximum atomic E-state index is 4.14. The van der Waals surface area contributed by atoms with Gasteiger partial charge in [0.2, 0.25) is 0 Å². The summed E-state index contributed by atoms with van der Waals surface area (Å²) in [5.74, 6) is 0.542. The summed E-state index contributed by atoms with van der Waals surface area (Å²) < 4.78 is 0. The van der Waals surface area contributed by atoms with Crippen molar-refractivity contribution < 1.29 is 31.1 Å². The fourth-order valence-electron chi connectivity index (χ4n) is 1.85. The number of benzene rings is 1. The molecule has 0 bridgehead atoms. The normalized spacial score (nSPS) is 17.9. The second kappa shape index (κ2) is 8.43. The average Bonchev–Trinajstić information content (AvgIpc) is 2.20. The van der Waals surface area contributed by atoms with Gasteiger partial charge in [0, 0.05) is 0 Å². The molecule has 15 heavy (non-hydrogen) atoms. The van der Waals surface area contributed by atoms with Crippen LogP contribution in [0.1, 0.15) is 43.7 Å². The van der Waals surface area contributed by atoms with E-state index in [4.69, 9.17) is 0 Å². The molecule has 1 unspecified atom stereocenters. The van der Waals surface area contributed by atoms with Crippen LogP contribution in [0.4, 0.5) is 0 Å². The number of aryl methyl sites for hydroxylation is 1. The van der Waals surface area contributed by atoms with Crippen LogP contribution >= 0.6 is 0 Å². The average molecular weight is 426 g/mol. The molecule has 0 saturated heterocycles. The van der Waals surface area contributed by atoms with E-state index in [2.05, 4.69) is 31.2 Å². The van der Waals surface area contributed by atoms with Gasteiger partial charge in [0.05, 0.1) is 0 Å². The quantitative estimate of drug-likeness (QED) is 0.547. The van der Waals surface area contributed by atoms with Crippen LogP contribution in [0.3, 0.4) is 0 Å². The molecule has 80 valence electrons. The van der Waals surface area contributed by atoms with Gasteiger partial charge in [-0.15, -0.1) is 5.92 Å². The Morgan fingerprint density at radius 3 is 2.47 bits per heavy atom. The van der Waals surface area contributed by atoms with Crippen molar-refractivity contribution in [3.05, 3.63) is 48.7 Å². The van der Waals surface area contributed by atoms with Gasteiger partial charge in [-0.2, -0.15) is 13.8 Å². The topological polar surface area (TPSA) is 0 Å². The number of hydrogen-bond acceptors (Lipinski definition) is 0. The van der Waals surface area contributed by atoms with Gasteiger partial charge in [0.25, 0.3) is 0 Å². The van der Waals surface area contributed by atoms with E-state index in [-0.39, 0.29) is 31.1 Å². The van der Waals surface area contributed by atoms with Gasteiger partial charge in [-0.1, -0.05) is 42.7 Å². The Bertz CT molecular complexity index is 268. The molecule has 1 aliphatic carbocycles. The fraction of sp³-hybridized carbons (Fsp3) is 0.429. The molecule has 1 atom stereocenters. The third kappa shape index (κ3) is 4.75. The first-order chi connectivity index (χ1) is 6.79. The zero-order valence-electron chi connectivity index (χ0n) is 9.79. The molecule has 0 saturated carbocycles. The Morgan fingerprint density at radius 2 is 1.87 bits per heavy atom.